The van der Waals surface area contributed by atoms with Gasteiger partial charge in [-0.3, -0.25) is 4.21 Å². The van der Waals surface area contributed by atoms with Crippen LogP contribution in [0.5, 0.6) is 0 Å². The fourth-order valence-corrected chi connectivity index (χ4v) is 4.54. The zero-order valence-corrected chi connectivity index (χ0v) is 17.8. The monoisotopic (exact) mass is 420 g/mol. The molecule has 1 unspecified atom stereocenters. The van der Waals surface area contributed by atoms with Gasteiger partial charge in [0.2, 0.25) is 0 Å². The van der Waals surface area contributed by atoms with Gasteiger partial charge in [-0.1, -0.05) is 13.3 Å². The minimum Gasteiger partial charge on any atom is -0.382 e. The number of nitrogen functional groups attached to an aromatic ring is 1. The number of aromatic nitrogens is 3. The molecule has 2 heterocycles. The summed E-state index contributed by atoms with van der Waals surface area (Å²) in [4.78, 5) is 9.15. The molecular weight excluding hydrogens is 394 g/mol. The van der Waals surface area contributed by atoms with Gasteiger partial charge < -0.3 is 10.3 Å². The number of fused-ring (bicyclic) bond motifs is 1. The number of nitrogens with two attached hydrogens (primary N) is 1. The SMILES string of the molecule is CCCCc1nc2c(N)nc(C)c(C)c2n1CCCS(=O)c1ccc(F)cc1F. The number of unbranched alkanes of at least 4 members (excludes halogenated alkanes) is 1. The van der Waals surface area contributed by atoms with Crippen LogP contribution in [0.25, 0.3) is 11.0 Å². The van der Waals surface area contributed by atoms with E-state index in [0.29, 0.717) is 24.3 Å². The summed E-state index contributed by atoms with van der Waals surface area (Å²) in [5.41, 5.74) is 9.65. The second-order valence-corrected chi connectivity index (χ2v) is 8.70. The molecule has 29 heavy (non-hydrogen) atoms. The summed E-state index contributed by atoms with van der Waals surface area (Å²) in [6.45, 7) is 6.63. The average Bonchev–Trinajstić information content (AvgIpc) is 3.03. The molecule has 0 bridgehead atoms. The summed E-state index contributed by atoms with van der Waals surface area (Å²) in [5, 5.41) is 0. The lowest BCUT2D eigenvalue weighted by Gasteiger charge is -2.12. The molecule has 156 valence electrons. The highest BCUT2D eigenvalue weighted by molar-refractivity contribution is 7.85. The standard InChI is InChI=1S/C21H26F2N4OS/c1-4-5-7-18-26-19-20(13(2)14(3)25-21(19)24)27(18)10-6-11-29(28)17-9-8-15(22)12-16(17)23/h8-9,12H,4-7,10-11H2,1-3H3,(H2,24,25). The van der Waals surface area contributed by atoms with Gasteiger partial charge in [0.25, 0.3) is 0 Å². The van der Waals surface area contributed by atoms with E-state index < -0.39 is 22.4 Å². The van der Waals surface area contributed by atoms with Crippen LogP contribution >= 0.6 is 0 Å². The Hall–Kier alpha value is -2.35. The van der Waals surface area contributed by atoms with E-state index in [1.807, 2.05) is 13.8 Å². The van der Waals surface area contributed by atoms with Crippen LogP contribution < -0.4 is 5.73 Å². The first-order valence-electron chi connectivity index (χ1n) is 9.78. The van der Waals surface area contributed by atoms with E-state index >= 15 is 0 Å². The molecule has 0 fully saturated rings. The lowest BCUT2D eigenvalue weighted by molar-refractivity contribution is 0.561. The number of hydrogen-bond acceptors (Lipinski definition) is 4. The molecule has 3 rings (SSSR count). The van der Waals surface area contributed by atoms with Crippen molar-refractivity contribution in [1.82, 2.24) is 14.5 Å². The largest absolute Gasteiger partial charge is 0.382 e. The Kier molecular flexibility index (Phi) is 6.62. The smallest absolute Gasteiger partial charge is 0.151 e. The third kappa shape index (κ3) is 4.47. The Morgan fingerprint density at radius 3 is 2.62 bits per heavy atom. The molecule has 0 amide bonds. The third-order valence-corrected chi connectivity index (χ3v) is 6.56. The van der Waals surface area contributed by atoms with Gasteiger partial charge >= 0.3 is 0 Å². The van der Waals surface area contributed by atoms with Gasteiger partial charge in [-0.2, -0.15) is 0 Å². The van der Waals surface area contributed by atoms with Crippen molar-refractivity contribution in [2.75, 3.05) is 11.5 Å². The first-order valence-corrected chi connectivity index (χ1v) is 11.1. The predicted octanol–water partition coefficient (Wildman–Crippen LogP) is 4.45. The van der Waals surface area contributed by atoms with E-state index in [4.69, 9.17) is 10.7 Å². The molecular formula is C21H26F2N4OS. The van der Waals surface area contributed by atoms with Gasteiger partial charge in [0.1, 0.15) is 23.0 Å². The number of halogens is 2. The highest BCUT2D eigenvalue weighted by Gasteiger charge is 2.18. The maximum atomic E-state index is 13.9. The van der Waals surface area contributed by atoms with Crippen LogP contribution in [0.4, 0.5) is 14.6 Å². The lowest BCUT2D eigenvalue weighted by atomic mass is 10.2. The van der Waals surface area contributed by atoms with Crippen LogP contribution in [0, 0.1) is 25.5 Å². The number of imidazole rings is 1. The molecule has 2 aromatic heterocycles. The topological polar surface area (TPSA) is 73.8 Å². The Balaban J connectivity index is 1.85. The highest BCUT2D eigenvalue weighted by atomic mass is 32.2. The van der Waals surface area contributed by atoms with E-state index in [1.165, 1.54) is 6.07 Å². The van der Waals surface area contributed by atoms with Crippen LogP contribution in [0.15, 0.2) is 23.1 Å². The first-order chi connectivity index (χ1) is 13.8. The molecule has 3 aromatic rings. The van der Waals surface area contributed by atoms with Crippen molar-refractivity contribution in [3.8, 4) is 0 Å². The van der Waals surface area contributed by atoms with Crippen molar-refractivity contribution in [3.63, 3.8) is 0 Å². The molecule has 0 saturated carbocycles. The second-order valence-electron chi connectivity index (χ2n) is 7.17. The van der Waals surface area contributed by atoms with Gasteiger partial charge in [0.15, 0.2) is 5.82 Å². The molecule has 8 heteroatoms. The number of pyridine rings is 1. The van der Waals surface area contributed by atoms with Gasteiger partial charge in [0.05, 0.1) is 21.2 Å². The molecule has 1 atom stereocenters. The Morgan fingerprint density at radius 1 is 1.17 bits per heavy atom. The van der Waals surface area contributed by atoms with Gasteiger partial charge in [0, 0.05) is 30.5 Å². The fraction of sp³-hybridized carbons (Fsp3) is 0.429. The summed E-state index contributed by atoms with van der Waals surface area (Å²) >= 11 is 0. The number of aryl methyl sites for hydroxylation is 4. The Bertz CT molecular complexity index is 1060. The normalized spacial score (nSPS) is 12.6. The van der Waals surface area contributed by atoms with Crippen molar-refractivity contribution in [3.05, 3.63) is 46.9 Å². The van der Waals surface area contributed by atoms with Gasteiger partial charge in [-0.25, -0.2) is 18.7 Å². The Morgan fingerprint density at radius 2 is 1.93 bits per heavy atom. The fourth-order valence-electron chi connectivity index (χ4n) is 3.44. The van der Waals surface area contributed by atoms with E-state index in [2.05, 4.69) is 16.5 Å². The number of hydrogen-bond donors (Lipinski definition) is 1. The molecule has 0 radical (unpaired) electrons. The quantitative estimate of drug-likeness (QED) is 0.584. The summed E-state index contributed by atoms with van der Waals surface area (Å²) < 4.78 is 41.6. The minimum absolute atomic E-state index is 0.0357. The van der Waals surface area contributed by atoms with E-state index in [0.717, 1.165) is 54.0 Å². The highest BCUT2D eigenvalue weighted by Crippen LogP contribution is 2.27. The molecule has 0 aliphatic carbocycles. The number of anilines is 1. The number of nitrogens with zero attached hydrogens (tertiary/aromatic N) is 3. The average molecular weight is 421 g/mol. The van der Waals surface area contributed by atoms with E-state index in [1.54, 1.807) is 0 Å². The van der Waals surface area contributed by atoms with E-state index in [9.17, 15) is 13.0 Å². The summed E-state index contributed by atoms with van der Waals surface area (Å²) in [5.74, 6) is 0.170. The Labute approximate surface area is 171 Å². The van der Waals surface area contributed by atoms with Crippen LogP contribution in [0.2, 0.25) is 0 Å². The summed E-state index contributed by atoms with van der Waals surface area (Å²) in [6.07, 6.45) is 3.43. The first kappa shape index (κ1) is 21.4. The zero-order valence-electron chi connectivity index (χ0n) is 17.0. The van der Waals surface area contributed by atoms with Crippen LogP contribution in [0.3, 0.4) is 0 Å². The van der Waals surface area contributed by atoms with Crippen molar-refractivity contribution < 1.29 is 13.0 Å². The lowest BCUT2D eigenvalue weighted by Crippen LogP contribution is -2.10. The van der Waals surface area contributed by atoms with Crippen molar-refractivity contribution in [2.45, 2.75) is 57.9 Å². The summed E-state index contributed by atoms with van der Waals surface area (Å²) in [7, 11) is -1.54. The maximum Gasteiger partial charge on any atom is 0.151 e. The molecule has 2 N–H and O–H groups in total. The molecule has 0 saturated heterocycles. The van der Waals surface area contributed by atoms with Crippen LogP contribution in [-0.2, 0) is 23.8 Å². The second kappa shape index (κ2) is 8.98. The molecule has 1 aromatic carbocycles. The van der Waals surface area contributed by atoms with Crippen molar-refractivity contribution >= 4 is 27.7 Å². The van der Waals surface area contributed by atoms with Crippen molar-refractivity contribution in [2.24, 2.45) is 0 Å². The van der Waals surface area contributed by atoms with Crippen molar-refractivity contribution in [1.29, 1.82) is 0 Å². The molecule has 0 spiro atoms. The van der Waals surface area contributed by atoms with E-state index in [-0.39, 0.29) is 10.6 Å². The predicted molar refractivity (Wildman–Crippen MR) is 112 cm³/mol. The zero-order chi connectivity index (χ0) is 21.1. The van der Waals surface area contributed by atoms with Crippen LogP contribution in [0.1, 0.15) is 43.3 Å². The molecule has 5 nitrogen and oxygen atoms in total. The van der Waals surface area contributed by atoms with Crippen LogP contribution in [-0.4, -0.2) is 24.5 Å². The summed E-state index contributed by atoms with van der Waals surface area (Å²) in [6, 6.07) is 3.14. The minimum atomic E-state index is -1.54. The van der Waals surface area contributed by atoms with Gasteiger partial charge in [-0.05, 0) is 44.4 Å². The third-order valence-electron chi connectivity index (χ3n) is 5.08. The number of rotatable bonds is 8. The molecule has 0 aliphatic heterocycles. The maximum absolute atomic E-state index is 13.9. The molecule has 0 aliphatic rings. The number of benzene rings is 1. The van der Waals surface area contributed by atoms with Gasteiger partial charge in [-0.15, -0.1) is 0 Å².